The van der Waals surface area contributed by atoms with E-state index in [4.69, 9.17) is 16.3 Å². The molecular formula is C21H25ClN2O3. The number of benzene rings is 2. The van der Waals surface area contributed by atoms with E-state index >= 15 is 0 Å². The fraction of sp³-hybridized carbons (Fsp3) is 0.333. The Kier molecular flexibility index (Phi) is 7.67. The van der Waals surface area contributed by atoms with Gasteiger partial charge in [0.25, 0.3) is 0 Å². The van der Waals surface area contributed by atoms with Crippen molar-refractivity contribution in [1.29, 1.82) is 0 Å². The van der Waals surface area contributed by atoms with Gasteiger partial charge in [0.2, 0.25) is 11.8 Å². The van der Waals surface area contributed by atoms with Gasteiger partial charge < -0.3 is 10.1 Å². The average Bonchev–Trinajstić information content (AvgIpc) is 2.66. The Morgan fingerprint density at radius 3 is 2.52 bits per heavy atom. The lowest BCUT2D eigenvalue weighted by molar-refractivity contribution is -0.123. The summed E-state index contributed by atoms with van der Waals surface area (Å²) in [5.41, 5.74) is 2.58. The van der Waals surface area contributed by atoms with E-state index in [9.17, 15) is 9.59 Å². The van der Waals surface area contributed by atoms with Crippen molar-refractivity contribution in [3.8, 4) is 5.75 Å². The Bertz CT molecular complexity index is 794. The molecule has 0 aromatic heterocycles. The molecule has 2 amide bonds. The van der Waals surface area contributed by atoms with Gasteiger partial charge in [-0.05, 0) is 37.0 Å². The molecule has 27 heavy (non-hydrogen) atoms. The van der Waals surface area contributed by atoms with Crippen molar-refractivity contribution >= 4 is 29.1 Å². The summed E-state index contributed by atoms with van der Waals surface area (Å²) >= 11 is 6.13. The van der Waals surface area contributed by atoms with Gasteiger partial charge in [-0.25, -0.2) is 0 Å². The van der Waals surface area contributed by atoms with Gasteiger partial charge in [-0.1, -0.05) is 41.9 Å². The van der Waals surface area contributed by atoms with Gasteiger partial charge in [0, 0.05) is 24.6 Å². The second-order valence-corrected chi connectivity index (χ2v) is 6.72. The van der Waals surface area contributed by atoms with E-state index in [0.717, 1.165) is 18.4 Å². The number of amides is 2. The number of hydrogen-bond acceptors (Lipinski definition) is 3. The zero-order chi connectivity index (χ0) is 19.8. The van der Waals surface area contributed by atoms with Crippen LogP contribution in [0.4, 0.5) is 5.69 Å². The molecule has 5 nitrogen and oxygen atoms in total. The highest BCUT2D eigenvalue weighted by atomic mass is 35.5. The Balaban J connectivity index is 1.96. The quantitative estimate of drug-likeness (QED) is 0.700. The third-order valence-corrected chi connectivity index (χ3v) is 4.65. The fourth-order valence-corrected chi connectivity index (χ4v) is 2.91. The van der Waals surface area contributed by atoms with E-state index in [1.807, 2.05) is 25.1 Å². The molecule has 0 unspecified atom stereocenters. The Labute approximate surface area is 165 Å². The van der Waals surface area contributed by atoms with Crippen LogP contribution in [0.5, 0.6) is 5.75 Å². The number of aryl methyl sites for hydroxylation is 2. The van der Waals surface area contributed by atoms with Crippen LogP contribution in [0.3, 0.4) is 0 Å². The number of nitrogens with one attached hydrogen (secondary N) is 1. The summed E-state index contributed by atoms with van der Waals surface area (Å²) < 4.78 is 5.33. The molecule has 0 saturated heterocycles. The van der Waals surface area contributed by atoms with Crippen molar-refractivity contribution in [1.82, 2.24) is 5.32 Å². The van der Waals surface area contributed by atoms with Crippen molar-refractivity contribution < 1.29 is 14.3 Å². The predicted octanol–water partition coefficient (Wildman–Crippen LogP) is 3.76. The number of nitrogens with zero attached hydrogens (tertiary/aromatic N) is 1. The summed E-state index contributed by atoms with van der Waals surface area (Å²) in [6, 6.07) is 13.5. The molecule has 0 spiro atoms. The van der Waals surface area contributed by atoms with Crippen LogP contribution in [-0.2, 0) is 16.0 Å². The minimum atomic E-state index is -0.241. The van der Waals surface area contributed by atoms with Crippen LogP contribution in [0.1, 0.15) is 24.5 Å². The van der Waals surface area contributed by atoms with Crippen LogP contribution in [0.25, 0.3) is 0 Å². The molecule has 144 valence electrons. The van der Waals surface area contributed by atoms with Gasteiger partial charge in [-0.3, -0.25) is 14.5 Å². The molecule has 0 radical (unpaired) electrons. The summed E-state index contributed by atoms with van der Waals surface area (Å²) in [4.78, 5) is 25.8. The number of anilines is 1. The lowest BCUT2D eigenvalue weighted by atomic mass is 10.1. The number of hydrogen-bond donors (Lipinski definition) is 1. The first kappa shape index (κ1) is 20.8. The van der Waals surface area contributed by atoms with Crippen LogP contribution in [0.2, 0.25) is 5.02 Å². The number of halogens is 1. The van der Waals surface area contributed by atoms with E-state index in [-0.39, 0.29) is 18.4 Å². The van der Waals surface area contributed by atoms with Crippen molar-refractivity contribution in [2.24, 2.45) is 0 Å². The fourth-order valence-electron chi connectivity index (χ4n) is 2.75. The van der Waals surface area contributed by atoms with E-state index in [2.05, 4.69) is 17.4 Å². The Hall–Kier alpha value is -2.53. The van der Waals surface area contributed by atoms with E-state index in [1.165, 1.54) is 24.5 Å². The molecule has 2 aromatic rings. The maximum absolute atomic E-state index is 12.3. The third kappa shape index (κ3) is 6.00. The van der Waals surface area contributed by atoms with Crippen molar-refractivity contribution in [3.63, 3.8) is 0 Å². The van der Waals surface area contributed by atoms with Crippen LogP contribution in [0, 0.1) is 6.92 Å². The van der Waals surface area contributed by atoms with Crippen LogP contribution in [-0.4, -0.2) is 32.0 Å². The molecule has 0 saturated carbocycles. The number of carbonyl (C=O) groups excluding carboxylic acids is 2. The highest BCUT2D eigenvalue weighted by molar-refractivity contribution is 6.31. The predicted molar refractivity (Wildman–Crippen MR) is 109 cm³/mol. The van der Waals surface area contributed by atoms with Gasteiger partial charge in [-0.2, -0.15) is 0 Å². The molecule has 2 rings (SSSR count). The molecule has 0 aliphatic heterocycles. The van der Waals surface area contributed by atoms with E-state index in [0.29, 0.717) is 23.0 Å². The molecule has 0 fully saturated rings. The molecule has 2 aromatic carbocycles. The summed E-state index contributed by atoms with van der Waals surface area (Å²) in [5.74, 6) is 0.0000495. The van der Waals surface area contributed by atoms with Crippen molar-refractivity contribution in [3.05, 3.63) is 58.6 Å². The van der Waals surface area contributed by atoms with Gasteiger partial charge in [0.15, 0.2) is 0 Å². The maximum atomic E-state index is 12.3. The van der Waals surface area contributed by atoms with Crippen molar-refractivity contribution in [2.75, 3.05) is 25.1 Å². The van der Waals surface area contributed by atoms with Crippen LogP contribution in [0.15, 0.2) is 42.5 Å². The molecule has 0 aliphatic rings. The zero-order valence-corrected chi connectivity index (χ0v) is 16.7. The largest absolute Gasteiger partial charge is 0.495 e. The second kappa shape index (κ2) is 9.97. The molecule has 6 heteroatoms. The summed E-state index contributed by atoms with van der Waals surface area (Å²) in [6.07, 6.45) is 1.72. The third-order valence-electron chi connectivity index (χ3n) is 4.24. The minimum absolute atomic E-state index is 0.0713. The normalized spacial score (nSPS) is 10.4. The lowest BCUT2D eigenvalue weighted by Gasteiger charge is -2.23. The maximum Gasteiger partial charge on any atom is 0.240 e. The average molecular weight is 389 g/mol. The minimum Gasteiger partial charge on any atom is -0.495 e. The van der Waals surface area contributed by atoms with Crippen LogP contribution < -0.4 is 15.0 Å². The summed E-state index contributed by atoms with van der Waals surface area (Å²) in [7, 11) is 1.51. The lowest BCUT2D eigenvalue weighted by Crippen LogP contribution is -2.40. The van der Waals surface area contributed by atoms with Crippen molar-refractivity contribution in [2.45, 2.75) is 26.7 Å². The molecular weight excluding hydrogens is 364 g/mol. The monoisotopic (exact) mass is 388 g/mol. The molecule has 0 atom stereocenters. The van der Waals surface area contributed by atoms with Gasteiger partial charge >= 0.3 is 0 Å². The number of carbonyl (C=O) groups is 2. The number of ether oxygens (including phenoxy) is 1. The smallest absolute Gasteiger partial charge is 0.240 e. The second-order valence-electron chi connectivity index (χ2n) is 6.32. The first-order chi connectivity index (χ1) is 12.9. The Morgan fingerprint density at radius 1 is 1.19 bits per heavy atom. The summed E-state index contributed by atoms with van der Waals surface area (Å²) in [6.45, 7) is 3.74. The number of rotatable bonds is 8. The first-order valence-corrected chi connectivity index (χ1v) is 9.23. The molecule has 0 bridgehead atoms. The molecule has 1 N–H and O–H groups in total. The highest BCUT2D eigenvalue weighted by Crippen LogP contribution is 2.33. The van der Waals surface area contributed by atoms with E-state index < -0.39 is 0 Å². The topological polar surface area (TPSA) is 58.6 Å². The standard InChI is InChI=1S/C21H25ClN2O3/c1-15-12-19(20(27-3)13-18(15)22)24(16(2)25)14-21(26)23-11-7-10-17-8-5-4-6-9-17/h4-6,8-9,12-13H,7,10-11,14H2,1-3H3,(H,23,26). The first-order valence-electron chi connectivity index (χ1n) is 8.85. The molecule has 0 heterocycles. The zero-order valence-electron chi connectivity index (χ0n) is 15.9. The molecule has 0 aliphatic carbocycles. The van der Waals surface area contributed by atoms with Crippen LogP contribution >= 0.6 is 11.6 Å². The Morgan fingerprint density at radius 2 is 1.89 bits per heavy atom. The van der Waals surface area contributed by atoms with Gasteiger partial charge in [-0.15, -0.1) is 0 Å². The van der Waals surface area contributed by atoms with Gasteiger partial charge in [0.05, 0.1) is 12.8 Å². The highest BCUT2D eigenvalue weighted by Gasteiger charge is 2.20. The number of methoxy groups -OCH3 is 1. The summed E-state index contributed by atoms with van der Waals surface area (Å²) in [5, 5.41) is 3.42. The SMILES string of the molecule is COc1cc(Cl)c(C)cc1N(CC(=O)NCCCc1ccccc1)C(C)=O. The van der Waals surface area contributed by atoms with E-state index in [1.54, 1.807) is 12.1 Å². The van der Waals surface area contributed by atoms with Gasteiger partial charge in [0.1, 0.15) is 12.3 Å².